The summed E-state index contributed by atoms with van der Waals surface area (Å²) in [4.78, 5) is 24.9. The third kappa shape index (κ3) is 4.42. The van der Waals surface area contributed by atoms with Gasteiger partial charge < -0.3 is 25.0 Å². The lowest BCUT2D eigenvalue weighted by atomic mass is 9.77. The molecule has 0 aliphatic carbocycles. The fourth-order valence-corrected chi connectivity index (χ4v) is 5.53. The summed E-state index contributed by atoms with van der Waals surface area (Å²) in [6.07, 6.45) is -3.61. The van der Waals surface area contributed by atoms with Gasteiger partial charge >= 0.3 is 0 Å². The van der Waals surface area contributed by atoms with Crippen molar-refractivity contribution >= 4 is 17.1 Å². The van der Waals surface area contributed by atoms with Crippen LogP contribution in [0.1, 0.15) is 29.8 Å². The molecule has 216 valence electrons. The lowest BCUT2D eigenvalue weighted by Crippen LogP contribution is -2.42. The highest BCUT2D eigenvalue weighted by atomic mass is 19.1. The second kappa shape index (κ2) is 10.7. The maximum Gasteiger partial charge on any atom is 0.280 e. The fourth-order valence-electron chi connectivity index (χ4n) is 5.53. The van der Waals surface area contributed by atoms with Gasteiger partial charge in [-0.1, -0.05) is 72.8 Å². The Labute approximate surface area is 240 Å². The number of halogens is 1. The molecule has 4 atom stereocenters. The van der Waals surface area contributed by atoms with E-state index in [2.05, 4.69) is 20.3 Å². The smallest absolute Gasteiger partial charge is 0.280 e. The number of aliphatic hydroxyl groups excluding tert-OH is 2. The Morgan fingerprint density at radius 3 is 2.19 bits per heavy atom. The number of nitrogens with one attached hydrogen (secondary N) is 2. The SMILES string of the molecule is COc1ccc(C(Nc2nc3c(ncn3[C@@H]3O[C@](C)(CO)[C@@H](O)[C@H]3F)c(=O)[nH]2)(c2ccccc2)c2ccccc2)cc1. The lowest BCUT2D eigenvalue weighted by Gasteiger charge is -2.37. The van der Waals surface area contributed by atoms with Crippen LogP contribution >= 0.6 is 0 Å². The van der Waals surface area contributed by atoms with Crippen molar-refractivity contribution in [3.63, 3.8) is 0 Å². The Hall–Kier alpha value is -4.58. The van der Waals surface area contributed by atoms with Crippen molar-refractivity contribution in [2.75, 3.05) is 19.0 Å². The van der Waals surface area contributed by atoms with Crippen LogP contribution in [0.2, 0.25) is 0 Å². The van der Waals surface area contributed by atoms with Crippen LogP contribution in [0.15, 0.2) is 96.1 Å². The molecule has 1 aliphatic rings. The van der Waals surface area contributed by atoms with Gasteiger partial charge in [-0.25, -0.2) is 9.37 Å². The van der Waals surface area contributed by atoms with Crippen LogP contribution in [0.4, 0.5) is 10.3 Å². The van der Waals surface area contributed by atoms with Crippen LogP contribution in [-0.4, -0.2) is 61.3 Å². The van der Waals surface area contributed by atoms with Crippen LogP contribution in [-0.2, 0) is 10.3 Å². The van der Waals surface area contributed by atoms with Crippen molar-refractivity contribution in [1.82, 2.24) is 19.5 Å². The highest BCUT2D eigenvalue weighted by Gasteiger charge is 2.53. The molecule has 1 aliphatic heterocycles. The number of aliphatic hydroxyl groups is 2. The zero-order valence-electron chi connectivity index (χ0n) is 22.9. The number of hydrogen-bond acceptors (Lipinski definition) is 8. The molecule has 3 heterocycles. The summed E-state index contributed by atoms with van der Waals surface area (Å²) in [6.45, 7) is 0.816. The molecule has 42 heavy (non-hydrogen) atoms. The zero-order chi connectivity index (χ0) is 29.5. The first-order valence-corrected chi connectivity index (χ1v) is 13.4. The number of fused-ring (bicyclic) bond motifs is 1. The Bertz CT molecular complexity index is 1710. The Morgan fingerprint density at radius 2 is 1.64 bits per heavy atom. The van der Waals surface area contributed by atoms with Crippen molar-refractivity contribution < 1.29 is 24.1 Å². The quantitative estimate of drug-likeness (QED) is 0.208. The van der Waals surface area contributed by atoms with E-state index >= 15 is 4.39 Å². The number of anilines is 1. The molecule has 0 spiro atoms. The van der Waals surface area contributed by atoms with Gasteiger partial charge in [0.1, 0.15) is 23.0 Å². The van der Waals surface area contributed by atoms with Gasteiger partial charge in [-0.05, 0) is 35.7 Å². The minimum absolute atomic E-state index is 0.0297. The first-order valence-electron chi connectivity index (χ1n) is 13.4. The Kier molecular flexibility index (Phi) is 7.01. The second-order valence-electron chi connectivity index (χ2n) is 10.4. The maximum absolute atomic E-state index is 15.3. The Morgan fingerprint density at radius 1 is 1.05 bits per heavy atom. The molecule has 10 nitrogen and oxygen atoms in total. The number of benzene rings is 3. The standard InChI is InChI=1S/C31H30FN5O5/c1-30(17-38)25(39)23(32)28(42-30)37-18-33-24-26(37)34-29(35-27(24)40)36-31(19-9-5-3-6-10-19,20-11-7-4-8-12-20)21-13-15-22(41-2)16-14-21/h3-16,18,23,25,28,38-39H,17H2,1-2H3,(H2,34,35,36,40)/t23-,25+,28-,30-/m1/s1. The molecule has 2 aromatic heterocycles. The van der Waals surface area contributed by atoms with E-state index in [0.717, 1.165) is 16.7 Å². The average molecular weight is 572 g/mol. The summed E-state index contributed by atoms with van der Waals surface area (Å²) >= 11 is 0. The molecule has 0 bridgehead atoms. The topological polar surface area (TPSA) is 135 Å². The monoisotopic (exact) mass is 571 g/mol. The number of imidazole rings is 1. The van der Waals surface area contributed by atoms with E-state index in [9.17, 15) is 15.0 Å². The zero-order valence-corrected chi connectivity index (χ0v) is 22.9. The highest BCUT2D eigenvalue weighted by Crippen LogP contribution is 2.41. The number of ether oxygens (including phenoxy) is 2. The molecular formula is C31H30FN5O5. The summed E-state index contributed by atoms with van der Waals surface area (Å²) in [5.41, 5.74) is -0.545. The number of rotatable bonds is 8. The summed E-state index contributed by atoms with van der Waals surface area (Å²) in [5, 5.41) is 23.7. The van der Waals surface area contributed by atoms with Crippen LogP contribution < -0.4 is 15.6 Å². The number of hydrogen-bond donors (Lipinski definition) is 4. The minimum Gasteiger partial charge on any atom is -0.497 e. The van der Waals surface area contributed by atoms with Gasteiger partial charge in [0.25, 0.3) is 5.56 Å². The van der Waals surface area contributed by atoms with E-state index in [1.807, 2.05) is 84.9 Å². The van der Waals surface area contributed by atoms with Gasteiger partial charge in [-0.2, -0.15) is 4.98 Å². The molecule has 1 saturated heterocycles. The number of nitrogens with zero attached hydrogens (tertiary/aromatic N) is 3. The fraction of sp³-hybridized carbons (Fsp3) is 0.258. The molecule has 11 heteroatoms. The summed E-state index contributed by atoms with van der Waals surface area (Å²) in [6, 6.07) is 27.0. The molecule has 0 unspecified atom stereocenters. The van der Waals surface area contributed by atoms with E-state index in [4.69, 9.17) is 9.47 Å². The van der Waals surface area contributed by atoms with Gasteiger partial charge in [-0.15, -0.1) is 0 Å². The molecule has 1 fully saturated rings. The summed E-state index contributed by atoms with van der Waals surface area (Å²) in [7, 11) is 1.60. The van der Waals surface area contributed by atoms with E-state index in [1.165, 1.54) is 17.8 Å². The molecule has 3 aromatic carbocycles. The van der Waals surface area contributed by atoms with Gasteiger partial charge in [0, 0.05) is 0 Å². The molecule has 0 radical (unpaired) electrons. The number of H-pyrrole nitrogens is 1. The van der Waals surface area contributed by atoms with Crippen molar-refractivity contribution in [2.45, 2.75) is 36.6 Å². The average Bonchev–Trinajstić information content (AvgIpc) is 3.55. The van der Waals surface area contributed by atoms with Gasteiger partial charge in [0.2, 0.25) is 5.95 Å². The predicted octanol–water partition coefficient (Wildman–Crippen LogP) is 3.51. The highest BCUT2D eigenvalue weighted by molar-refractivity contribution is 5.71. The first-order chi connectivity index (χ1) is 20.3. The number of alkyl halides is 1. The third-order valence-corrected chi connectivity index (χ3v) is 7.85. The summed E-state index contributed by atoms with van der Waals surface area (Å²) < 4.78 is 27.7. The number of aromatic nitrogens is 4. The van der Waals surface area contributed by atoms with Crippen molar-refractivity contribution in [3.8, 4) is 5.75 Å². The van der Waals surface area contributed by atoms with Crippen LogP contribution in [0, 0.1) is 0 Å². The molecule has 0 saturated carbocycles. The van der Waals surface area contributed by atoms with Gasteiger partial charge in [-0.3, -0.25) is 14.3 Å². The second-order valence-corrected chi connectivity index (χ2v) is 10.4. The lowest BCUT2D eigenvalue weighted by molar-refractivity contribution is -0.115. The molecular weight excluding hydrogens is 541 g/mol. The van der Waals surface area contributed by atoms with E-state index in [1.54, 1.807) is 7.11 Å². The van der Waals surface area contributed by atoms with Crippen molar-refractivity contribution in [2.24, 2.45) is 0 Å². The maximum atomic E-state index is 15.3. The largest absolute Gasteiger partial charge is 0.497 e. The van der Waals surface area contributed by atoms with Crippen LogP contribution in [0.3, 0.4) is 0 Å². The normalized spacial score (nSPS) is 22.4. The molecule has 6 rings (SSSR count). The van der Waals surface area contributed by atoms with Crippen molar-refractivity contribution in [1.29, 1.82) is 0 Å². The molecule has 5 aromatic rings. The van der Waals surface area contributed by atoms with E-state index in [0.29, 0.717) is 5.75 Å². The van der Waals surface area contributed by atoms with Crippen molar-refractivity contribution in [3.05, 3.63) is 118 Å². The van der Waals surface area contributed by atoms with Crippen LogP contribution in [0.25, 0.3) is 11.2 Å². The van der Waals surface area contributed by atoms with E-state index in [-0.39, 0.29) is 17.1 Å². The predicted molar refractivity (Wildman–Crippen MR) is 154 cm³/mol. The number of aromatic amines is 1. The van der Waals surface area contributed by atoms with E-state index < -0.39 is 41.8 Å². The molecule has 4 N–H and O–H groups in total. The number of methoxy groups -OCH3 is 1. The first kappa shape index (κ1) is 27.6. The summed E-state index contributed by atoms with van der Waals surface area (Å²) in [5.74, 6) is 0.775. The van der Waals surface area contributed by atoms with Gasteiger partial charge in [0.15, 0.2) is 23.6 Å². The minimum atomic E-state index is -1.90. The van der Waals surface area contributed by atoms with Gasteiger partial charge in [0.05, 0.1) is 20.0 Å². The molecule has 0 amide bonds. The van der Waals surface area contributed by atoms with Crippen LogP contribution in [0.5, 0.6) is 5.75 Å². The third-order valence-electron chi connectivity index (χ3n) is 7.85. The Balaban J connectivity index is 1.54.